The number of hydrogen-bond donors (Lipinski definition) is 1. The van der Waals surface area contributed by atoms with Crippen LogP contribution in [-0.2, 0) is 4.79 Å². The highest BCUT2D eigenvalue weighted by Crippen LogP contribution is 2.14. The van der Waals surface area contributed by atoms with Gasteiger partial charge in [-0.05, 0) is 18.6 Å². The molecule has 3 nitrogen and oxygen atoms in total. The molecule has 0 aromatic carbocycles. The maximum Gasteiger partial charge on any atom is 0.211 e. The molecule has 1 amide bonds. The molecule has 0 bridgehead atoms. The zero-order valence-electron chi connectivity index (χ0n) is 17.9. The third kappa shape index (κ3) is 14.5. The van der Waals surface area contributed by atoms with Crippen molar-refractivity contribution in [2.24, 2.45) is 0 Å². The third-order valence-corrected chi connectivity index (χ3v) is 5.54. The molecule has 0 aromatic rings. The summed E-state index contributed by atoms with van der Waals surface area (Å²) in [7, 11) is 0. The van der Waals surface area contributed by atoms with Crippen LogP contribution < -0.4 is 5.32 Å². The molecule has 0 aliphatic carbocycles. The van der Waals surface area contributed by atoms with Crippen LogP contribution in [0.1, 0.15) is 110 Å². The Morgan fingerprint density at radius 2 is 1.30 bits per heavy atom. The number of carbonyl (C=O) groups is 1. The lowest BCUT2D eigenvalue weighted by Gasteiger charge is -2.22. The standard InChI is InChI=1S/C24H44N2O/c1-2-3-4-5-6-7-8-9-10-11-12-13-14-15-16-17-20-26-21-18-24(19-22-26)25-23-27/h18-19,21,23H,2-17,20,22H2,1H3,(H,25,27). The Balaban J connectivity index is 1.75. The van der Waals surface area contributed by atoms with Gasteiger partial charge in [0.15, 0.2) is 0 Å². The topological polar surface area (TPSA) is 32.3 Å². The Morgan fingerprint density at radius 1 is 0.815 bits per heavy atom. The molecule has 156 valence electrons. The highest BCUT2D eigenvalue weighted by Gasteiger charge is 2.03. The number of unbranched alkanes of at least 4 members (excludes halogenated alkanes) is 15. The van der Waals surface area contributed by atoms with Crippen molar-refractivity contribution in [3.8, 4) is 0 Å². The van der Waals surface area contributed by atoms with Gasteiger partial charge in [0.1, 0.15) is 0 Å². The summed E-state index contributed by atoms with van der Waals surface area (Å²) >= 11 is 0. The van der Waals surface area contributed by atoms with Gasteiger partial charge in [-0.15, -0.1) is 0 Å². The molecule has 3 heteroatoms. The quantitative estimate of drug-likeness (QED) is 0.201. The van der Waals surface area contributed by atoms with Crippen molar-refractivity contribution in [1.29, 1.82) is 0 Å². The van der Waals surface area contributed by atoms with Crippen LogP contribution in [0.4, 0.5) is 0 Å². The monoisotopic (exact) mass is 376 g/mol. The zero-order chi connectivity index (χ0) is 19.4. The van der Waals surface area contributed by atoms with Crippen molar-refractivity contribution >= 4 is 6.41 Å². The van der Waals surface area contributed by atoms with E-state index >= 15 is 0 Å². The number of rotatable bonds is 19. The number of hydrogen-bond acceptors (Lipinski definition) is 2. The van der Waals surface area contributed by atoms with Gasteiger partial charge in [-0.25, -0.2) is 0 Å². The zero-order valence-corrected chi connectivity index (χ0v) is 17.9. The number of allylic oxidation sites excluding steroid dienone is 1. The van der Waals surface area contributed by atoms with Crippen molar-refractivity contribution in [3.05, 3.63) is 24.0 Å². The Kier molecular flexibility index (Phi) is 16.0. The van der Waals surface area contributed by atoms with E-state index in [-0.39, 0.29) is 0 Å². The van der Waals surface area contributed by atoms with Gasteiger partial charge in [0.2, 0.25) is 6.41 Å². The molecule has 1 aliphatic rings. The molecular formula is C24H44N2O. The van der Waals surface area contributed by atoms with Crippen LogP contribution in [0.3, 0.4) is 0 Å². The number of nitrogens with zero attached hydrogens (tertiary/aromatic N) is 1. The SMILES string of the molecule is CCCCCCCCCCCCCCCCCCN1C=CC(NC=O)=CC1. The maximum atomic E-state index is 10.4. The lowest BCUT2D eigenvalue weighted by Crippen LogP contribution is -2.23. The van der Waals surface area contributed by atoms with Crippen LogP contribution in [0.2, 0.25) is 0 Å². The summed E-state index contributed by atoms with van der Waals surface area (Å²) in [6, 6.07) is 0. The van der Waals surface area contributed by atoms with E-state index in [1.807, 2.05) is 6.08 Å². The van der Waals surface area contributed by atoms with Gasteiger partial charge in [-0.1, -0.05) is 103 Å². The Bertz CT molecular complexity index is 403. The largest absolute Gasteiger partial charge is 0.374 e. The Labute approximate surface area is 168 Å². The van der Waals surface area contributed by atoms with E-state index in [1.165, 1.54) is 103 Å². The molecule has 1 N–H and O–H groups in total. The average Bonchev–Trinajstić information content (AvgIpc) is 2.69. The molecule has 27 heavy (non-hydrogen) atoms. The van der Waals surface area contributed by atoms with Crippen molar-refractivity contribution in [2.45, 2.75) is 110 Å². The van der Waals surface area contributed by atoms with Gasteiger partial charge in [-0.3, -0.25) is 4.79 Å². The molecule has 0 radical (unpaired) electrons. The van der Waals surface area contributed by atoms with Crippen LogP contribution in [0, 0.1) is 0 Å². The molecule has 0 unspecified atom stereocenters. The predicted molar refractivity (Wildman–Crippen MR) is 118 cm³/mol. The van der Waals surface area contributed by atoms with Crippen LogP contribution in [0.15, 0.2) is 24.0 Å². The highest BCUT2D eigenvalue weighted by molar-refractivity contribution is 5.52. The molecule has 0 aromatic heterocycles. The molecule has 1 rings (SSSR count). The van der Waals surface area contributed by atoms with Crippen molar-refractivity contribution in [1.82, 2.24) is 10.2 Å². The molecular weight excluding hydrogens is 332 g/mol. The van der Waals surface area contributed by atoms with Gasteiger partial charge in [0.25, 0.3) is 0 Å². The summed E-state index contributed by atoms with van der Waals surface area (Å²) in [6.07, 6.45) is 29.5. The lowest BCUT2D eigenvalue weighted by molar-refractivity contribution is -0.108. The van der Waals surface area contributed by atoms with E-state index in [4.69, 9.17) is 0 Å². The first-order valence-corrected chi connectivity index (χ1v) is 11.7. The van der Waals surface area contributed by atoms with Crippen LogP contribution >= 0.6 is 0 Å². The minimum absolute atomic E-state index is 0.738. The minimum atomic E-state index is 0.738. The first kappa shape index (κ1) is 23.8. The first-order chi connectivity index (χ1) is 13.4. The van der Waals surface area contributed by atoms with Crippen LogP contribution in [0.5, 0.6) is 0 Å². The highest BCUT2D eigenvalue weighted by atomic mass is 16.1. The average molecular weight is 377 g/mol. The van der Waals surface area contributed by atoms with Gasteiger partial charge < -0.3 is 10.2 Å². The van der Waals surface area contributed by atoms with Crippen molar-refractivity contribution < 1.29 is 4.79 Å². The second-order valence-electron chi connectivity index (χ2n) is 8.04. The van der Waals surface area contributed by atoms with Crippen LogP contribution in [-0.4, -0.2) is 24.4 Å². The second-order valence-corrected chi connectivity index (χ2v) is 8.04. The molecule has 0 spiro atoms. The molecule has 1 heterocycles. The summed E-state index contributed by atoms with van der Waals surface area (Å²) in [4.78, 5) is 12.7. The van der Waals surface area contributed by atoms with Gasteiger partial charge >= 0.3 is 0 Å². The van der Waals surface area contributed by atoms with Crippen molar-refractivity contribution in [2.75, 3.05) is 13.1 Å². The molecule has 0 saturated heterocycles. The van der Waals surface area contributed by atoms with Crippen LogP contribution in [0.25, 0.3) is 0 Å². The third-order valence-electron chi connectivity index (χ3n) is 5.54. The van der Waals surface area contributed by atoms with Gasteiger partial charge in [-0.2, -0.15) is 0 Å². The van der Waals surface area contributed by atoms with Gasteiger partial charge in [0.05, 0.1) is 0 Å². The van der Waals surface area contributed by atoms with Gasteiger partial charge in [0, 0.05) is 25.0 Å². The predicted octanol–water partition coefficient (Wildman–Crippen LogP) is 6.71. The van der Waals surface area contributed by atoms with E-state index < -0.39 is 0 Å². The van der Waals surface area contributed by atoms with Crippen molar-refractivity contribution in [3.63, 3.8) is 0 Å². The van der Waals surface area contributed by atoms with E-state index in [0.717, 1.165) is 25.2 Å². The second kappa shape index (κ2) is 18.1. The fourth-order valence-corrected chi connectivity index (χ4v) is 3.73. The lowest BCUT2D eigenvalue weighted by atomic mass is 10.0. The molecule has 0 atom stereocenters. The number of carbonyl (C=O) groups excluding carboxylic acids is 1. The summed E-state index contributed by atoms with van der Waals surface area (Å²) in [5.41, 5.74) is 0.910. The van der Waals surface area contributed by atoms with E-state index in [0.29, 0.717) is 0 Å². The summed E-state index contributed by atoms with van der Waals surface area (Å²) < 4.78 is 0. The Morgan fingerprint density at radius 3 is 1.70 bits per heavy atom. The van der Waals surface area contributed by atoms with E-state index in [9.17, 15) is 4.79 Å². The summed E-state index contributed by atoms with van der Waals surface area (Å²) in [5.74, 6) is 0. The summed E-state index contributed by atoms with van der Waals surface area (Å²) in [5, 5.41) is 2.70. The fourth-order valence-electron chi connectivity index (χ4n) is 3.73. The van der Waals surface area contributed by atoms with E-state index in [2.05, 4.69) is 29.4 Å². The number of amides is 1. The minimum Gasteiger partial charge on any atom is -0.374 e. The number of nitrogens with one attached hydrogen (secondary N) is 1. The maximum absolute atomic E-state index is 10.4. The Hall–Kier alpha value is -1.25. The molecule has 0 saturated carbocycles. The summed E-state index contributed by atoms with van der Waals surface area (Å²) in [6.45, 7) is 4.32. The molecule has 1 aliphatic heterocycles. The fraction of sp³-hybridized carbons (Fsp3) is 0.792. The molecule has 0 fully saturated rings. The first-order valence-electron chi connectivity index (χ1n) is 11.7. The normalized spacial score (nSPS) is 13.7. The van der Waals surface area contributed by atoms with E-state index in [1.54, 1.807) is 0 Å². The smallest absolute Gasteiger partial charge is 0.211 e.